The molecule has 22 heavy (non-hydrogen) atoms. The first kappa shape index (κ1) is 17.6. The standard InChI is InChI=1S/C15H13FN2O3.ClH/c16-13-5-3-11(4-6-13)15(20)21-9-8-18-14(19)12-2-1-7-17-10-12;/h1-7,10H,8-9H2,(H,18,19);1H. The average molecular weight is 325 g/mol. The Labute approximate surface area is 132 Å². The van der Waals surface area contributed by atoms with Crippen molar-refractivity contribution in [1.29, 1.82) is 0 Å². The number of carbonyl (C=O) groups is 2. The van der Waals surface area contributed by atoms with Crippen molar-refractivity contribution in [3.8, 4) is 0 Å². The summed E-state index contributed by atoms with van der Waals surface area (Å²) in [4.78, 5) is 27.1. The number of carbonyl (C=O) groups excluding carboxylic acids is 2. The molecule has 1 aromatic heterocycles. The summed E-state index contributed by atoms with van der Waals surface area (Å²) in [7, 11) is 0. The molecule has 0 saturated heterocycles. The number of benzene rings is 1. The number of ether oxygens (including phenoxy) is 1. The van der Waals surface area contributed by atoms with E-state index in [2.05, 4.69) is 10.3 Å². The van der Waals surface area contributed by atoms with Gasteiger partial charge in [-0.2, -0.15) is 0 Å². The first-order valence-electron chi connectivity index (χ1n) is 6.28. The second-order valence-electron chi connectivity index (χ2n) is 4.14. The van der Waals surface area contributed by atoms with Gasteiger partial charge in [-0.3, -0.25) is 9.78 Å². The van der Waals surface area contributed by atoms with Crippen LogP contribution in [0.5, 0.6) is 0 Å². The molecule has 0 spiro atoms. The molecule has 2 aromatic rings. The molecule has 0 bridgehead atoms. The first-order chi connectivity index (χ1) is 10.2. The van der Waals surface area contributed by atoms with Crippen LogP contribution in [0.25, 0.3) is 0 Å². The lowest BCUT2D eigenvalue weighted by Crippen LogP contribution is -2.28. The van der Waals surface area contributed by atoms with Gasteiger partial charge in [0.05, 0.1) is 17.7 Å². The maximum absolute atomic E-state index is 12.7. The fourth-order valence-corrected chi connectivity index (χ4v) is 1.58. The van der Waals surface area contributed by atoms with Gasteiger partial charge in [0.1, 0.15) is 12.4 Å². The lowest BCUT2D eigenvalue weighted by molar-refractivity contribution is 0.0503. The third-order valence-corrected chi connectivity index (χ3v) is 2.62. The van der Waals surface area contributed by atoms with Gasteiger partial charge >= 0.3 is 5.97 Å². The third-order valence-electron chi connectivity index (χ3n) is 2.62. The first-order valence-corrected chi connectivity index (χ1v) is 6.28. The van der Waals surface area contributed by atoms with Crippen molar-refractivity contribution >= 4 is 24.3 Å². The highest BCUT2D eigenvalue weighted by molar-refractivity contribution is 5.93. The number of rotatable bonds is 5. The van der Waals surface area contributed by atoms with E-state index in [0.29, 0.717) is 5.56 Å². The molecule has 0 atom stereocenters. The Bertz CT molecular complexity index is 620. The Balaban J connectivity index is 0.00000242. The minimum absolute atomic E-state index is 0. The number of nitrogens with one attached hydrogen (secondary N) is 1. The molecule has 7 heteroatoms. The Morgan fingerprint density at radius 3 is 2.50 bits per heavy atom. The molecule has 1 aromatic carbocycles. The van der Waals surface area contributed by atoms with E-state index in [1.54, 1.807) is 18.3 Å². The van der Waals surface area contributed by atoms with Crippen molar-refractivity contribution in [3.05, 3.63) is 65.7 Å². The summed E-state index contributed by atoms with van der Waals surface area (Å²) in [5.41, 5.74) is 0.692. The number of hydrogen-bond acceptors (Lipinski definition) is 4. The smallest absolute Gasteiger partial charge is 0.338 e. The van der Waals surface area contributed by atoms with Gasteiger partial charge in [0.15, 0.2) is 0 Å². The molecular formula is C15H14ClFN2O3. The molecule has 0 aliphatic carbocycles. The second kappa shape index (κ2) is 8.74. The normalized spacial score (nSPS) is 9.50. The average Bonchev–Trinajstić information content (AvgIpc) is 2.52. The molecule has 1 N–H and O–H groups in total. The van der Waals surface area contributed by atoms with Crippen LogP contribution in [0.2, 0.25) is 0 Å². The fourth-order valence-electron chi connectivity index (χ4n) is 1.58. The number of halogens is 2. The van der Waals surface area contributed by atoms with Crippen LogP contribution in [-0.2, 0) is 4.74 Å². The van der Waals surface area contributed by atoms with Crippen LogP contribution < -0.4 is 5.32 Å². The molecule has 0 fully saturated rings. The van der Waals surface area contributed by atoms with E-state index in [9.17, 15) is 14.0 Å². The molecule has 0 unspecified atom stereocenters. The Kier molecular flexibility index (Phi) is 6.98. The summed E-state index contributed by atoms with van der Waals surface area (Å²) in [6.07, 6.45) is 3.01. The van der Waals surface area contributed by atoms with Crippen molar-refractivity contribution in [2.24, 2.45) is 0 Å². The van der Waals surface area contributed by atoms with Crippen LogP contribution in [-0.4, -0.2) is 30.0 Å². The lowest BCUT2D eigenvalue weighted by atomic mass is 10.2. The maximum atomic E-state index is 12.7. The van der Waals surface area contributed by atoms with Crippen LogP contribution in [0.15, 0.2) is 48.8 Å². The van der Waals surface area contributed by atoms with Crippen molar-refractivity contribution in [2.45, 2.75) is 0 Å². The summed E-state index contributed by atoms with van der Waals surface area (Å²) >= 11 is 0. The largest absolute Gasteiger partial charge is 0.460 e. The second-order valence-corrected chi connectivity index (χ2v) is 4.14. The summed E-state index contributed by atoms with van der Waals surface area (Å²) in [5, 5.41) is 2.60. The molecule has 5 nitrogen and oxygen atoms in total. The number of nitrogens with zero attached hydrogens (tertiary/aromatic N) is 1. The van der Waals surface area contributed by atoms with E-state index in [1.807, 2.05) is 0 Å². The van der Waals surface area contributed by atoms with Gasteiger partial charge in [0.2, 0.25) is 0 Å². The van der Waals surface area contributed by atoms with Gasteiger partial charge in [0, 0.05) is 12.4 Å². The fraction of sp³-hybridized carbons (Fsp3) is 0.133. The molecule has 116 valence electrons. The van der Waals surface area contributed by atoms with Crippen LogP contribution in [0, 0.1) is 5.82 Å². The number of aromatic nitrogens is 1. The molecule has 0 radical (unpaired) electrons. The van der Waals surface area contributed by atoms with Crippen molar-refractivity contribution in [1.82, 2.24) is 10.3 Å². The van der Waals surface area contributed by atoms with E-state index in [4.69, 9.17) is 4.74 Å². The molecule has 0 aliphatic rings. The highest BCUT2D eigenvalue weighted by Crippen LogP contribution is 2.04. The zero-order chi connectivity index (χ0) is 15.1. The van der Waals surface area contributed by atoms with E-state index >= 15 is 0 Å². The Morgan fingerprint density at radius 1 is 1.14 bits per heavy atom. The van der Waals surface area contributed by atoms with E-state index in [1.165, 1.54) is 30.5 Å². The highest BCUT2D eigenvalue weighted by Gasteiger charge is 2.08. The minimum Gasteiger partial charge on any atom is -0.460 e. The van der Waals surface area contributed by atoms with Crippen LogP contribution in [0.1, 0.15) is 20.7 Å². The van der Waals surface area contributed by atoms with E-state index < -0.39 is 11.8 Å². The molecule has 0 aliphatic heterocycles. The Morgan fingerprint density at radius 2 is 1.86 bits per heavy atom. The predicted molar refractivity (Wildman–Crippen MR) is 80.5 cm³/mol. The molecule has 1 heterocycles. The van der Waals surface area contributed by atoms with Crippen LogP contribution in [0.4, 0.5) is 4.39 Å². The summed E-state index contributed by atoms with van der Waals surface area (Å²) in [6.45, 7) is 0.211. The van der Waals surface area contributed by atoms with E-state index in [-0.39, 0.29) is 37.0 Å². The van der Waals surface area contributed by atoms with Crippen molar-refractivity contribution in [3.63, 3.8) is 0 Å². The maximum Gasteiger partial charge on any atom is 0.338 e. The number of pyridine rings is 1. The van der Waals surface area contributed by atoms with Crippen LogP contribution in [0.3, 0.4) is 0 Å². The van der Waals surface area contributed by atoms with E-state index in [0.717, 1.165) is 0 Å². The third kappa shape index (κ3) is 5.14. The van der Waals surface area contributed by atoms with Gasteiger partial charge in [-0.1, -0.05) is 0 Å². The van der Waals surface area contributed by atoms with Gasteiger partial charge in [-0.15, -0.1) is 12.4 Å². The SMILES string of the molecule is Cl.O=C(NCCOC(=O)c1ccc(F)cc1)c1cccnc1. The van der Waals surface area contributed by atoms with Gasteiger partial charge < -0.3 is 10.1 Å². The van der Waals surface area contributed by atoms with Crippen LogP contribution >= 0.6 is 12.4 Å². The van der Waals surface area contributed by atoms with Gasteiger partial charge in [-0.05, 0) is 36.4 Å². The molecule has 1 amide bonds. The highest BCUT2D eigenvalue weighted by atomic mass is 35.5. The molecular weight excluding hydrogens is 311 g/mol. The summed E-state index contributed by atoms with van der Waals surface area (Å²) in [6, 6.07) is 8.33. The van der Waals surface area contributed by atoms with Gasteiger partial charge in [-0.25, -0.2) is 9.18 Å². The van der Waals surface area contributed by atoms with Crippen molar-refractivity contribution in [2.75, 3.05) is 13.2 Å². The molecule has 2 rings (SSSR count). The van der Waals surface area contributed by atoms with Gasteiger partial charge in [0.25, 0.3) is 5.91 Å². The predicted octanol–water partition coefficient (Wildman–Crippen LogP) is 2.23. The van der Waals surface area contributed by atoms with Crippen molar-refractivity contribution < 1.29 is 18.7 Å². The lowest BCUT2D eigenvalue weighted by Gasteiger charge is -2.06. The summed E-state index contributed by atoms with van der Waals surface area (Å²) in [5.74, 6) is -1.28. The zero-order valence-electron chi connectivity index (χ0n) is 11.5. The summed E-state index contributed by atoms with van der Waals surface area (Å²) < 4.78 is 17.7. The number of hydrogen-bond donors (Lipinski definition) is 1. The molecule has 0 saturated carbocycles. The number of amides is 1. The topological polar surface area (TPSA) is 68.3 Å². The quantitative estimate of drug-likeness (QED) is 0.676. The monoisotopic (exact) mass is 324 g/mol. The number of esters is 1. The zero-order valence-corrected chi connectivity index (χ0v) is 12.3. The minimum atomic E-state index is -0.564. The Hall–Kier alpha value is -2.47.